The summed E-state index contributed by atoms with van der Waals surface area (Å²) in [4.78, 5) is 37.5. The predicted molar refractivity (Wildman–Crippen MR) is 143 cm³/mol. The van der Waals surface area contributed by atoms with E-state index in [1.807, 2.05) is 36.4 Å². The molecule has 0 bridgehead atoms. The van der Waals surface area contributed by atoms with Gasteiger partial charge in [0, 0.05) is 23.0 Å². The van der Waals surface area contributed by atoms with Crippen molar-refractivity contribution in [2.45, 2.75) is 63.6 Å². The first-order valence-corrected chi connectivity index (χ1v) is 13.2. The zero-order chi connectivity index (χ0) is 26.9. The van der Waals surface area contributed by atoms with Gasteiger partial charge in [-0.2, -0.15) is 0 Å². The molecule has 0 heterocycles. The van der Waals surface area contributed by atoms with Crippen LogP contribution in [0.4, 0.5) is 9.59 Å². The summed E-state index contributed by atoms with van der Waals surface area (Å²) in [5.74, 6) is 0.683. The van der Waals surface area contributed by atoms with E-state index in [1.165, 1.54) is 0 Å². The number of hydrogen-bond donors (Lipinski definition) is 0. The van der Waals surface area contributed by atoms with Gasteiger partial charge in [0.25, 0.3) is 0 Å². The van der Waals surface area contributed by atoms with Crippen molar-refractivity contribution < 1.29 is 33.3 Å². The van der Waals surface area contributed by atoms with E-state index in [9.17, 15) is 14.4 Å². The molecule has 2 aliphatic rings. The summed E-state index contributed by atoms with van der Waals surface area (Å²) in [7, 11) is 0. The highest BCUT2D eigenvalue weighted by Gasteiger charge is 2.35. The average Bonchev–Trinajstić information content (AvgIpc) is 2.94. The zero-order valence-electron chi connectivity index (χ0n) is 21.5. The Labute approximate surface area is 223 Å². The minimum Gasteiger partial charge on any atom is -0.431 e. The van der Waals surface area contributed by atoms with E-state index in [0.717, 1.165) is 0 Å². The molecule has 7 heteroatoms. The lowest BCUT2D eigenvalue weighted by Gasteiger charge is -2.32. The highest BCUT2D eigenvalue weighted by molar-refractivity contribution is 5.83. The molecule has 0 aliphatic heterocycles. The van der Waals surface area contributed by atoms with Gasteiger partial charge in [-0.1, -0.05) is 73.8 Å². The van der Waals surface area contributed by atoms with Crippen LogP contribution < -0.4 is 0 Å². The molecule has 0 radical (unpaired) electrons. The highest BCUT2D eigenvalue weighted by atomic mass is 16.7. The molecule has 0 saturated heterocycles. The Morgan fingerprint density at radius 2 is 0.895 bits per heavy atom. The van der Waals surface area contributed by atoms with Gasteiger partial charge in [-0.3, -0.25) is 4.79 Å². The first kappa shape index (κ1) is 27.2. The standard InChI is InChI=1S/C31H34O7/c1-21(23-9-5-3-6-10-23)35-30(33)37-27-17-13-25(14-18-27)29(32)26-15-19-28(20-16-26)38-31(34)36-22(2)24-11-7-4-8-12-24/h3-12,25-28H,1-2,13-20H2. The maximum atomic E-state index is 13.1. The van der Waals surface area contributed by atoms with E-state index in [1.54, 1.807) is 24.3 Å². The topological polar surface area (TPSA) is 88.1 Å². The summed E-state index contributed by atoms with van der Waals surface area (Å²) in [6.07, 6.45) is 3.15. The van der Waals surface area contributed by atoms with Crippen LogP contribution >= 0.6 is 0 Å². The quantitative estimate of drug-likeness (QED) is 0.267. The molecule has 0 aromatic heterocycles. The number of Topliss-reactive ketones (excluding diaryl/α,β-unsaturated/α-hetero) is 1. The molecule has 0 amide bonds. The third kappa shape index (κ3) is 7.57. The summed E-state index contributed by atoms with van der Waals surface area (Å²) < 4.78 is 21.4. The van der Waals surface area contributed by atoms with Crippen molar-refractivity contribution >= 4 is 29.6 Å². The summed E-state index contributed by atoms with van der Waals surface area (Å²) in [6.45, 7) is 7.57. The Morgan fingerprint density at radius 1 is 0.553 bits per heavy atom. The summed E-state index contributed by atoms with van der Waals surface area (Å²) in [6, 6.07) is 18.3. The average molecular weight is 519 g/mol. The third-order valence-corrected chi connectivity index (χ3v) is 7.28. The minimum atomic E-state index is -0.766. The second-order valence-corrected chi connectivity index (χ2v) is 9.87. The molecule has 0 spiro atoms. The lowest BCUT2D eigenvalue weighted by Crippen LogP contribution is -2.34. The largest absolute Gasteiger partial charge is 0.514 e. The third-order valence-electron chi connectivity index (χ3n) is 7.28. The molecular formula is C31H34O7. The van der Waals surface area contributed by atoms with Crippen molar-refractivity contribution in [2.75, 3.05) is 0 Å². The lowest BCUT2D eigenvalue weighted by molar-refractivity contribution is -0.130. The Bertz CT molecular complexity index is 1040. The van der Waals surface area contributed by atoms with Crippen LogP contribution in [0.2, 0.25) is 0 Å². The van der Waals surface area contributed by atoms with Crippen LogP contribution in [-0.2, 0) is 23.7 Å². The van der Waals surface area contributed by atoms with Gasteiger partial charge in [0.15, 0.2) is 0 Å². The molecule has 0 atom stereocenters. The normalized spacial score (nSPS) is 22.9. The fourth-order valence-electron chi connectivity index (χ4n) is 5.15. The molecule has 38 heavy (non-hydrogen) atoms. The van der Waals surface area contributed by atoms with Crippen LogP contribution in [0.15, 0.2) is 73.8 Å². The number of carbonyl (C=O) groups excluding carboxylic acids is 3. The summed E-state index contributed by atoms with van der Waals surface area (Å²) >= 11 is 0. The van der Waals surface area contributed by atoms with Crippen LogP contribution in [-0.4, -0.2) is 30.3 Å². The van der Waals surface area contributed by atoms with Gasteiger partial charge in [-0.15, -0.1) is 0 Å². The lowest BCUT2D eigenvalue weighted by atomic mass is 9.75. The number of carbonyl (C=O) groups is 3. The second-order valence-electron chi connectivity index (χ2n) is 9.87. The van der Waals surface area contributed by atoms with Crippen molar-refractivity contribution in [2.24, 2.45) is 11.8 Å². The molecule has 2 aromatic carbocycles. The maximum absolute atomic E-state index is 13.1. The van der Waals surface area contributed by atoms with Gasteiger partial charge >= 0.3 is 12.3 Å². The smallest absolute Gasteiger partial charge is 0.431 e. The van der Waals surface area contributed by atoms with E-state index in [4.69, 9.17) is 18.9 Å². The van der Waals surface area contributed by atoms with Crippen LogP contribution in [0.1, 0.15) is 62.5 Å². The first-order chi connectivity index (χ1) is 18.4. The molecule has 2 fully saturated rings. The van der Waals surface area contributed by atoms with E-state index in [0.29, 0.717) is 62.5 Å². The Balaban J connectivity index is 1.14. The van der Waals surface area contributed by atoms with Crippen molar-refractivity contribution in [1.29, 1.82) is 0 Å². The van der Waals surface area contributed by atoms with Gasteiger partial charge in [0.05, 0.1) is 0 Å². The van der Waals surface area contributed by atoms with E-state index < -0.39 is 12.3 Å². The van der Waals surface area contributed by atoms with E-state index >= 15 is 0 Å². The number of ketones is 1. The molecule has 7 nitrogen and oxygen atoms in total. The van der Waals surface area contributed by atoms with Crippen molar-refractivity contribution in [3.63, 3.8) is 0 Å². The molecule has 2 aliphatic carbocycles. The predicted octanol–water partition coefficient (Wildman–Crippen LogP) is 7.32. The van der Waals surface area contributed by atoms with Crippen molar-refractivity contribution in [3.8, 4) is 0 Å². The number of hydrogen-bond acceptors (Lipinski definition) is 7. The van der Waals surface area contributed by atoms with Crippen LogP contribution in [0, 0.1) is 11.8 Å². The SMILES string of the molecule is C=C(OC(=O)OC1CCC(C(=O)C2CCC(OC(=O)OC(=C)c3ccccc3)CC2)CC1)c1ccccc1. The summed E-state index contributed by atoms with van der Waals surface area (Å²) in [5, 5.41) is 0. The van der Waals surface area contributed by atoms with Gasteiger partial charge in [0.2, 0.25) is 0 Å². The molecule has 0 unspecified atom stereocenters. The van der Waals surface area contributed by atoms with Gasteiger partial charge < -0.3 is 18.9 Å². The number of benzene rings is 2. The first-order valence-electron chi connectivity index (χ1n) is 13.2. The van der Waals surface area contributed by atoms with Crippen molar-refractivity contribution in [1.82, 2.24) is 0 Å². The number of rotatable bonds is 8. The monoisotopic (exact) mass is 518 g/mol. The molecule has 0 N–H and O–H groups in total. The van der Waals surface area contributed by atoms with Crippen LogP contribution in [0.25, 0.3) is 11.5 Å². The Hall–Kier alpha value is -3.87. The zero-order valence-corrected chi connectivity index (χ0v) is 21.5. The molecule has 2 saturated carbocycles. The Kier molecular flexibility index (Phi) is 9.35. The molecule has 4 rings (SSSR count). The fraction of sp³-hybridized carbons (Fsp3) is 0.387. The summed E-state index contributed by atoms with van der Waals surface area (Å²) in [5.41, 5.74) is 1.43. The molecule has 200 valence electrons. The Morgan fingerprint density at radius 3 is 1.24 bits per heavy atom. The minimum absolute atomic E-state index is 0.0354. The second kappa shape index (κ2) is 13.1. The highest BCUT2D eigenvalue weighted by Crippen LogP contribution is 2.35. The van der Waals surface area contributed by atoms with Gasteiger partial charge in [-0.25, -0.2) is 9.59 Å². The van der Waals surface area contributed by atoms with E-state index in [-0.39, 0.29) is 41.3 Å². The van der Waals surface area contributed by atoms with Crippen LogP contribution in [0.3, 0.4) is 0 Å². The fourth-order valence-corrected chi connectivity index (χ4v) is 5.15. The maximum Gasteiger partial charge on any atom is 0.514 e. The molecular weight excluding hydrogens is 484 g/mol. The van der Waals surface area contributed by atoms with Gasteiger partial charge in [0.1, 0.15) is 29.5 Å². The van der Waals surface area contributed by atoms with Gasteiger partial charge in [-0.05, 0) is 51.4 Å². The van der Waals surface area contributed by atoms with E-state index in [2.05, 4.69) is 13.2 Å². The van der Waals surface area contributed by atoms with Crippen LogP contribution in [0.5, 0.6) is 0 Å². The number of ether oxygens (including phenoxy) is 4. The van der Waals surface area contributed by atoms with Crippen molar-refractivity contribution in [3.05, 3.63) is 84.9 Å². The molecule has 2 aromatic rings.